The third-order valence-corrected chi connectivity index (χ3v) is 6.91. The maximum absolute atomic E-state index is 13.7. The van der Waals surface area contributed by atoms with Gasteiger partial charge in [-0.25, -0.2) is 22.7 Å². The molecular weight excluding hydrogens is 431 g/mol. The zero-order valence-corrected chi connectivity index (χ0v) is 17.9. The molecule has 0 saturated heterocycles. The summed E-state index contributed by atoms with van der Waals surface area (Å²) in [6, 6.07) is 10.9. The van der Waals surface area contributed by atoms with Crippen molar-refractivity contribution in [1.82, 2.24) is 23.4 Å². The fraction of sp³-hybridized carbons (Fsp3) is 0.300. The molecule has 164 valence electrons. The van der Waals surface area contributed by atoms with Crippen molar-refractivity contribution in [3.8, 4) is 0 Å². The second-order valence-corrected chi connectivity index (χ2v) is 9.37. The van der Waals surface area contributed by atoms with Crippen LogP contribution in [-0.2, 0) is 29.3 Å². The van der Waals surface area contributed by atoms with E-state index in [2.05, 4.69) is 9.97 Å². The number of hydrogen-bond acceptors (Lipinski definition) is 4. The average Bonchev–Trinajstić information content (AvgIpc) is 3.25. The van der Waals surface area contributed by atoms with E-state index >= 15 is 0 Å². The molecule has 4 rings (SSSR count). The molecule has 0 amide bonds. The third kappa shape index (κ3) is 3.57. The van der Waals surface area contributed by atoms with Crippen LogP contribution in [-0.4, -0.2) is 45.9 Å². The molecule has 0 saturated carbocycles. The summed E-state index contributed by atoms with van der Waals surface area (Å²) in [5, 5.41) is 0. The first-order valence-electron chi connectivity index (χ1n) is 9.48. The summed E-state index contributed by atoms with van der Waals surface area (Å²) in [6.07, 6.45) is -4.63. The molecule has 0 fully saturated rings. The number of imidazole rings is 2. The first-order chi connectivity index (χ1) is 14.5. The molecule has 0 unspecified atom stereocenters. The van der Waals surface area contributed by atoms with E-state index < -0.39 is 22.0 Å². The van der Waals surface area contributed by atoms with E-state index in [1.165, 1.54) is 32.3 Å². The average molecular weight is 451 g/mol. The molecule has 2 aromatic heterocycles. The minimum Gasteiger partial charge on any atom is -0.327 e. The van der Waals surface area contributed by atoms with E-state index in [1.54, 1.807) is 28.8 Å². The second-order valence-electron chi connectivity index (χ2n) is 7.22. The molecule has 0 atom stereocenters. The monoisotopic (exact) mass is 451 g/mol. The van der Waals surface area contributed by atoms with Gasteiger partial charge in [-0.1, -0.05) is 12.1 Å². The Labute approximate surface area is 176 Å². The molecule has 4 aromatic rings. The lowest BCUT2D eigenvalue weighted by atomic mass is 10.3. The third-order valence-electron chi connectivity index (χ3n) is 5.10. The van der Waals surface area contributed by atoms with Crippen LogP contribution in [0, 0.1) is 0 Å². The van der Waals surface area contributed by atoms with Crippen LogP contribution in [0.15, 0.2) is 47.4 Å². The molecule has 2 heterocycles. The highest BCUT2D eigenvalue weighted by molar-refractivity contribution is 7.89. The molecule has 2 aromatic carbocycles. The van der Waals surface area contributed by atoms with Gasteiger partial charge in [0.2, 0.25) is 15.8 Å². The Morgan fingerprint density at radius 2 is 1.65 bits per heavy atom. The minimum absolute atomic E-state index is 0.0707. The number of rotatable bonds is 5. The summed E-state index contributed by atoms with van der Waals surface area (Å²) in [7, 11) is -0.805. The number of hydrogen-bond donors (Lipinski definition) is 0. The number of sulfonamides is 1. The van der Waals surface area contributed by atoms with Crippen molar-refractivity contribution in [2.24, 2.45) is 0 Å². The van der Waals surface area contributed by atoms with E-state index in [0.29, 0.717) is 28.9 Å². The maximum atomic E-state index is 13.7. The molecule has 31 heavy (non-hydrogen) atoms. The van der Waals surface area contributed by atoms with Crippen LogP contribution in [0.4, 0.5) is 13.2 Å². The molecule has 0 spiro atoms. The Morgan fingerprint density at radius 1 is 0.968 bits per heavy atom. The van der Waals surface area contributed by atoms with Crippen LogP contribution in [0.25, 0.3) is 22.1 Å². The van der Waals surface area contributed by atoms with Crippen molar-refractivity contribution in [2.75, 3.05) is 14.1 Å². The fourth-order valence-electron chi connectivity index (χ4n) is 3.60. The Bertz CT molecular complexity index is 1390. The fourth-order valence-corrected chi connectivity index (χ4v) is 4.52. The predicted octanol–water partition coefficient (Wildman–Crippen LogP) is 3.72. The molecule has 0 N–H and O–H groups in total. The topological polar surface area (TPSA) is 73.0 Å². The van der Waals surface area contributed by atoms with Crippen molar-refractivity contribution in [3.05, 3.63) is 54.1 Å². The van der Waals surface area contributed by atoms with Crippen molar-refractivity contribution in [3.63, 3.8) is 0 Å². The molecule has 0 radical (unpaired) electrons. The summed E-state index contributed by atoms with van der Waals surface area (Å²) in [6.45, 7) is 2.15. The van der Waals surface area contributed by atoms with Gasteiger partial charge in [-0.3, -0.25) is 0 Å². The summed E-state index contributed by atoms with van der Waals surface area (Å²) in [4.78, 5) is 8.33. The van der Waals surface area contributed by atoms with Crippen molar-refractivity contribution < 1.29 is 21.6 Å². The number of benzene rings is 2. The standard InChI is InChI=1S/C20H20F3N5O2S/c1-4-27-17-10-9-13(31(29,30)26(2)3)11-15(17)24-18(27)12-28-16-8-6-5-7-14(16)25-19(28)20(21,22)23/h5-11H,4,12H2,1-3H3. The largest absolute Gasteiger partial charge is 0.449 e. The van der Waals surface area contributed by atoms with Crippen LogP contribution in [0.2, 0.25) is 0 Å². The van der Waals surface area contributed by atoms with Crippen LogP contribution < -0.4 is 0 Å². The lowest BCUT2D eigenvalue weighted by Crippen LogP contribution is -2.22. The normalized spacial score (nSPS) is 13.0. The van der Waals surface area contributed by atoms with Crippen LogP contribution in [0.1, 0.15) is 18.6 Å². The van der Waals surface area contributed by atoms with Gasteiger partial charge in [0.1, 0.15) is 5.82 Å². The summed E-state index contributed by atoms with van der Waals surface area (Å²) >= 11 is 0. The first kappa shape index (κ1) is 21.3. The maximum Gasteiger partial charge on any atom is 0.449 e. The number of aryl methyl sites for hydroxylation is 1. The van der Waals surface area contributed by atoms with Gasteiger partial charge < -0.3 is 9.13 Å². The minimum atomic E-state index is -4.63. The number of fused-ring (bicyclic) bond motifs is 2. The molecular formula is C20H20F3N5O2S. The van der Waals surface area contributed by atoms with Gasteiger partial charge >= 0.3 is 6.18 Å². The van der Waals surface area contributed by atoms with Crippen molar-refractivity contribution in [2.45, 2.75) is 31.1 Å². The van der Waals surface area contributed by atoms with Crippen molar-refractivity contribution >= 4 is 32.1 Å². The molecule has 0 aliphatic rings. The highest BCUT2D eigenvalue weighted by Crippen LogP contribution is 2.32. The zero-order chi connectivity index (χ0) is 22.6. The Balaban J connectivity index is 1.88. The Hall–Kier alpha value is -2.92. The Morgan fingerprint density at radius 3 is 2.29 bits per heavy atom. The van der Waals surface area contributed by atoms with E-state index in [9.17, 15) is 21.6 Å². The van der Waals surface area contributed by atoms with Gasteiger partial charge in [0.15, 0.2) is 0 Å². The van der Waals surface area contributed by atoms with E-state index in [0.717, 1.165) is 8.87 Å². The van der Waals surface area contributed by atoms with Gasteiger partial charge in [0.25, 0.3) is 0 Å². The van der Waals surface area contributed by atoms with Crippen molar-refractivity contribution in [1.29, 1.82) is 0 Å². The van der Waals surface area contributed by atoms with E-state index in [4.69, 9.17) is 0 Å². The van der Waals surface area contributed by atoms with E-state index in [1.807, 2.05) is 6.92 Å². The summed E-state index contributed by atoms with van der Waals surface area (Å²) in [5.41, 5.74) is 1.64. The van der Waals surface area contributed by atoms with Gasteiger partial charge in [-0.05, 0) is 37.3 Å². The number of halogens is 3. The highest BCUT2D eigenvalue weighted by Gasteiger charge is 2.38. The van der Waals surface area contributed by atoms with Gasteiger partial charge in [-0.2, -0.15) is 13.2 Å². The van der Waals surface area contributed by atoms with Crippen LogP contribution in [0.3, 0.4) is 0 Å². The SMILES string of the molecule is CCn1c(Cn2c(C(F)(F)F)nc3ccccc32)nc2cc(S(=O)(=O)N(C)C)ccc21. The van der Waals surface area contributed by atoms with Gasteiger partial charge in [0, 0.05) is 20.6 Å². The lowest BCUT2D eigenvalue weighted by molar-refractivity contribution is -0.146. The molecule has 7 nitrogen and oxygen atoms in total. The van der Waals surface area contributed by atoms with Crippen LogP contribution >= 0.6 is 0 Å². The number of nitrogens with zero attached hydrogens (tertiary/aromatic N) is 5. The van der Waals surface area contributed by atoms with Crippen LogP contribution in [0.5, 0.6) is 0 Å². The summed E-state index contributed by atoms with van der Waals surface area (Å²) in [5.74, 6) is -0.621. The smallest absolute Gasteiger partial charge is 0.327 e. The second kappa shape index (κ2) is 7.34. The van der Waals surface area contributed by atoms with Gasteiger partial charge in [-0.15, -0.1) is 0 Å². The Kier molecular flexibility index (Phi) is 5.05. The number of aromatic nitrogens is 4. The molecule has 11 heteroatoms. The quantitative estimate of drug-likeness (QED) is 0.464. The van der Waals surface area contributed by atoms with E-state index in [-0.39, 0.29) is 17.0 Å². The number of alkyl halides is 3. The molecule has 0 aliphatic carbocycles. The highest BCUT2D eigenvalue weighted by atomic mass is 32.2. The molecule has 0 bridgehead atoms. The van der Waals surface area contributed by atoms with Gasteiger partial charge in [0.05, 0.1) is 33.5 Å². The lowest BCUT2D eigenvalue weighted by Gasteiger charge is -2.12. The number of para-hydroxylation sites is 2. The summed E-state index contributed by atoms with van der Waals surface area (Å²) < 4.78 is 69.8. The predicted molar refractivity (Wildman–Crippen MR) is 110 cm³/mol. The molecule has 0 aliphatic heterocycles. The first-order valence-corrected chi connectivity index (χ1v) is 10.9. The zero-order valence-electron chi connectivity index (χ0n) is 17.1.